The molecule has 0 aromatic heterocycles. The summed E-state index contributed by atoms with van der Waals surface area (Å²) in [4.78, 5) is 13.1. The first-order valence-electron chi connectivity index (χ1n) is 23.8. The number of allylic oxidation sites excluding steroid dienone is 3. The van der Waals surface area contributed by atoms with E-state index in [4.69, 9.17) is 14.0 Å². The number of unbranched alkanes of at least 4 members (excludes halogenated alkanes) is 25. The molecule has 1 heterocycles. The molecule has 0 aromatic rings. The van der Waals surface area contributed by atoms with E-state index in [0.29, 0.717) is 12.8 Å². The van der Waals surface area contributed by atoms with Gasteiger partial charge >= 0.3 is 10.4 Å². The average molecular weight is 878 g/mol. The Morgan fingerprint density at radius 1 is 0.667 bits per heavy atom. The Kier molecular flexibility index (Phi) is 34.8. The number of nitrogens with one attached hydrogen (secondary N) is 1. The number of carbonyl (C=O) groups excluding carboxylic acids is 1. The molecule has 7 N–H and O–H groups in total. The standard InChI is InChI=1S/C46H87NO12S/c1-3-5-7-9-11-13-15-16-17-18-19-20-21-22-23-24-25-27-29-31-33-35-40(50)45(53)47-38(39(49)34-32-30-28-26-14-12-10-8-6-4-2)37-57-46-43(52)44(59-60(54,55)56)42(51)41(36-48)58-46/h14,26,32,34,38-44,46,48-52H,3-13,15-25,27-31,33,35-37H2,1-2H3,(H,47,53)(H,54,55,56)/b26-14+,34-32+. The van der Waals surface area contributed by atoms with Crippen LogP contribution in [0.1, 0.15) is 200 Å². The van der Waals surface area contributed by atoms with Gasteiger partial charge in [-0.25, -0.2) is 4.18 Å². The fourth-order valence-electron chi connectivity index (χ4n) is 7.54. The minimum absolute atomic E-state index is 0.240. The molecular formula is C46H87NO12S. The zero-order valence-corrected chi connectivity index (χ0v) is 38.2. The van der Waals surface area contributed by atoms with E-state index in [1.54, 1.807) is 6.08 Å². The fourth-order valence-corrected chi connectivity index (χ4v) is 8.04. The third-order valence-corrected chi connectivity index (χ3v) is 11.8. The zero-order valence-electron chi connectivity index (χ0n) is 37.4. The molecule has 13 nitrogen and oxygen atoms in total. The molecule has 14 heteroatoms. The number of aliphatic hydroxyl groups excluding tert-OH is 5. The topological polar surface area (TPSA) is 212 Å². The van der Waals surface area contributed by atoms with Gasteiger partial charge in [-0.05, 0) is 32.1 Å². The van der Waals surface area contributed by atoms with E-state index in [-0.39, 0.29) is 6.42 Å². The van der Waals surface area contributed by atoms with E-state index in [2.05, 4.69) is 35.5 Å². The minimum Gasteiger partial charge on any atom is -0.394 e. The van der Waals surface area contributed by atoms with E-state index in [1.165, 1.54) is 134 Å². The SMILES string of the molecule is CCCCCC/C=C/CC/C=C/C(O)C(COC1OC(CO)C(O)C(OS(=O)(=O)O)C1O)NC(=O)C(O)CCCCCCCCCCCCCCCCCCCCCCC. The van der Waals surface area contributed by atoms with Crippen LogP contribution in [-0.2, 0) is 28.9 Å². The van der Waals surface area contributed by atoms with Gasteiger partial charge in [0.1, 0.15) is 30.5 Å². The van der Waals surface area contributed by atoms with Crippen LogP contribution < -0.4 is 5.32 Å². The zero-order chi connectivity index (χ0) is 44.3. The summed E-state index contributed by atoms with van der Waals surface area (Å²) in [6.07, 6.45) is 30.0. The van der Waals surface area contributed by atoms with Crippen molar-refractivity contribution in [3.63, 3.8) is 0 Å². The lowest BCUT2D eigenvalue weighted by molar-refractivity contribution is -0.298. The largest absolute Gasteiger partial charge is 0.397 e. The molecule has 8 unspecified atom stereocenters. The molecule has 0 radical (unpaired) electrons. The highest BCUT2D eigenvalue weighted by atomic mass is 32.3. The van der Waals surface area contributed by atoms with Crippen LogP contribution in [0.15, 0.2) is 24.3 Å². The van der Waals surface area contributed by atoms with E-state index in [0.717, 1.165) is 38.5 Å². The lowest BCUT2D eigenvalue weighted by atomic mass is 9.99. The van der Waals surface area contributed by atoms with Gasteiger partial charge in [-0.1, -0.05) is 192 Å². The number of carbonyl (C=O) groups is 1. The highest BCUT2D eigenvalue weighted by Crippen LogP contribution is 2.26. The second-order valence-corrected chi connectivity index (χ2v) is 17.9. The van der Waals surface area contributed by atoms with Crippen molar-refractivity contribution < 1.29 is 57.0 Å². The van der Waals surface area contributed by atoms with E-state index in [1.807, 2.05) is 0 Å². The molecule has 0 spiro atoms. The molecule has 60 heavy (non-hydrogen) atoms. The molecular weight excluding hydrogens is 791 g/mol. The number of ether oxygens (including phenoxy) is 2. The van der Waals surface area contributed by atoms with Crippen molar-refractivity contribution in [2.75, 3.05) is 13.2 Å². The Balaban J connectivity index is 2.47. The van der Waals surface area contributed by atoms with Crippen LogP contribution in [0.25, 0.3) is 0 Å². The van der Waals surface area contributed by atoms with E-state index in [9.17, 15) is 38.7 Å². The molecule has 1 aliphatic heterocycles. The normalized spacial score (nSPS) is 21.5. The first kappa shape index (κ1) is 56.6. The number of hydrogen-bond donors (Lipinski definition) is 7. The van der Waals surface area contributed by atoms with Crippen molar-refractivity contribution in [2.24, 2.45) is 0 Å². The maximum atomic E-state index is 13.1. The van der Waals surface area contributed by atoms with Gasteiger partial charge in [0.05, 0.1) is 25.4 Å². The Morgan fingerprint density at radius 2 is 1.12 bits per heavy atom. The summed E-state index contributed by atoms with van der Waals surface area (Å²) in [6, 6.07) is -1.13. The van der Waals surface area contributed by atoms with Crippen LogP contribution in [0.2, 0.25) is 0 Å². The number of amides is 1. The maximum Gasteiger partial charge on any atom is 0.397 e. The molecule has 1 aliphatic rings. The van der Waals surface area contributed by atoms with Crippen molar-refractivity contribution in [1.82, 2.24) is 5.32 Å². The third-order valence-electron chi connectivity index (χ3n) is 11.3. The predicted octanol–water partition coefficient (Wildman–Crippen LogP) is 8.30. The first-order chi connectivity index (χ1) is 28.9. The van der Waals surface area contributed by atoms with Crippen molar-refractivity contribution in [3.8, 4) is 0 Å². The Bertz CT molecular complexity index is 1190. The second kappa shape index (κ2) is 37.0. The van der Waals surface area contributed by atoms with Gasteiger partial charge in [0.25, 0.3) is 0 Å². The highest BCUT2D eigenvalue weighted by Gasteiger charge is 2.48. The van der Waals surface area contributed by atoms with Crippen LogP contribution in [0.4, 0.5) is 0 Å². The molecule has 8 atom stereocenters. The molecule has 0 bridgehead atoms. The lowest BCUT2D eigenvalue weighted by Gasteiger charge is -2.41. The highest BCUT2D eigenvalue weighted by molar-refractivity contribution is 7.80. The lowest BCUT2D eigenvalue weighted by Crippen LogP contribution is -2.61. The van der Waals surface area contributed by atoms with Crippen molar-refractivity contribution >= 4 is 16.3 Å². The van der Waals surface area contributed by atoms with Crippen LogP contribution in [-0.4, -0.2) is 107 Å². The van der Waals surface area contributed by atoms with Crippen molar-refractivity contribution in [2.45, 2.75) is 249 Å². The van der Waals surface area contributed by atoms with Crippen LogP contribution in [0, 0.1) is 0 Å². The number of aliphatic hydroxyl groups is 5. The Morgan fingerprint density at radius 3 is 1.60 bits per heavy atom. The van der Waals surface area contributed by atoms with Gasteiger partial charge in [0.2, 0.25) is 5.91 Å². The number of hydrogen-bond acceptors (Lipinski definition) is 11. The first-order valence-corrected chi connectivity index (χ1v) is 25.2. The smallest absolute Gasteiger partial charge is 0.394 e. The van der Waals surface area contributed by atoms with Crippen LogP contribution in [0.3, 0.4) is 0 Å². The maximum absolute atomic E-state index is 13.1. The molecule has 1 rings (SSSR count). The van der Waals surface area contributed by atoms with Crippen LogP contribution in [0.5, 0.6) is 0 Å². The Labute approximate surface area is 364 Å². The third kappa shape index (κ3) is 29.0. The molecule has 1 saturated heterocycles. The summed E-state index contributed by atoms with van der Waals surface area (Å²) < 4.78 is 47.4. The summed E-state index contributed by atoms with van der Waals surface area (Å²) in [6.45, 7) is 3.16. The van der Waals surface area contributed by atoms with Crippen molar-refractivity contribution in [1.29, 1.82) is 0 Å². The molecule has 0 aromatic carbocycles. The number of rotatable bonds is 40. The quantitative estimate of drug-likeness (QED) is 0.0176. The van der Waals surface area contributed by atoms with Crippen LogP contribution >= 0.6 is 0 Å². The summed E-state index contributed by atoms with van der Waals surface area (Å²) >= 11 is 0. The fraction of sp³-hybridized carbons (Fsp3) is 0.891. The van der Waals surface area contributed by atoms with E-state index < -0.39 is 78.5 Å². The molecule has 0 saturated carbocycles. The molecule has 0 aliphatic carbocycles. The summed E-state index contributed by atoms with van der Waals surface area (Å²) in [5.41, 5.74) is 0. The van der Waals surface area contributed by atoms with Gasteiger partial charge in [0, 0.05) is 0 Å². The second-order valence-electron chi connectivity index (χ2n) is 16.8. The van der Waals surface area contributed by atoms with Gasteiger partial charge in [-0.2, -0.15) is 8.42 Å². The van der Waals surface area contributed by atoms with Gasteiger partial charge < -0.3 is 40.3 Å². The predicted molar refractivity (Wildman–Crippen MR) is 238 cm³/mol. The molecule has 1 amide bonds. The molecule has 1 fully saturated rings. The minimum atomic E-state index is -5.12. The van der Waals surface area contributed by atoms with Gasteiger partial charge in [-0.3, -0.25) is 9.35 Å². The summed E-state index contributed by atoms with van der Waals surface area (Å²) in [5.74, 6) is -0.712. The van der Waals surface area contributed by atoms with Gasteiger partial charge in [-0.15, -0.1) is 0 Å². The molecule has 354 valence electrons. The Hall–Kier alpha value is -1.46. The van der Waals surface area contributed by atoms with Crippen molar-refractivity contribution in [3.05, 3.63) is 24.3 Å². The van der Waals surface area contributed by atoms with E-state index >= 15 is 0 Å². The average Bonchev–Trinajstić information content (AvgIpc) is 3.22. The summed E-state index contributed by atoms with van der Waals surface area (Å²) in [5, 5.41) is 55.1. The summed E-state index contributed by atoms with van der Waals surface area (Å²) in [7, 11) is -5.12. The van der Waals surface area contributed by atoms with Gasteiger partial charge in [0.15, 0.2) is 6.29 Å². The monoisotopic (exact) mass is 878 g/mol.